The summed E-state index contributed by atoms with van der Waals surface area (Å²) in [7, 11) is 0. The van der Waals surface area contributed by atoms with Crippen LogP contribution in [0.1, 0.15) is 53.4 Å². The molecule has 116 valence electrons. The molecule has 2 atom stereocenters. The Kier molecular flexibility index (Phi) is 6.99. The van der Waals surface area contributed by atoms with Crippen LogP contribution in [-0.2, 0) is 4.79 Å². The summed E-state index contributed by atoms with van der Waals surface area (Å²) in [6, 6.07) is 0.149. The van der Waals surface area contributed by atoms with Crippen molar-refractivity contribution in [1.29, 1.82) is 0 Å². The van der Waals surface area contributed by atoms with E-state index >= 15 is 0 Å². The fraction of sp³-hybridized carbons (Fsp3) is 0.867. The number of carbonyl (C=O) groups is 1. The lowest BCUT2D eigenvalue weighted by atomic mass is 9.92. The maximum Gasteiger partial charge on any atom is 0.237 e. The van der Waals surface area contributed by atoms with Crippen molar-refractivity contribution in [3.63, 3.8) is 0 Å². The zero-order chi connectivity index (χ0) is 15.1. The molecule has 0 aromatic carbocycles. The molecule has 2 N–H and O–H groups in total. The fourth-order valence-corrected chi connectivity index (χ4v) is 2.77. The van der Waals surface area contributed by atoms with Crippen molar-refractivity contribution in [1.82, 2.24) is 10.2 Å². The van der Waals surface area contributed by atoms with Gasteiger partial charge in [-0.25, -0.2) is 0 Å². The van der Waals surface area contributed by atoms with Gasteiger partial charge >= 0.3 is 0 Å². The summed E-state index contributed by atoms with van der Waals surface area (Å²) in [6.07, 6.45) is 3.62. The molecule has 1 aliphatic heterocycles. The van der Waals surface area contributed by atoms with E-state index in [2.05, 4.69) is 36.1 Å². The molecule has 1 saturated heterocycles. The summed E-state index contributed by atoms with van der Waals surface area (Å²) >= 11 is 0. The van der Waals surface area contributed by atoms with E-state index in [4.69, 9.17) is 5.21 Å². The Labute approximate surface area is 122 Å². The van der Waals surface area contributed by atoms with Crippen molar-refractivity contribution in [2.45, 2.75) is 65.5 Å². The highest BCUT2D eigenvalue weighted by Crippen LogP contribution is 2.19. The number of amides is 1. The van der Waals surface area contributed by atoms with Gasteiger partial charge in [0.15, 0.2) is 0 Å². The Morgan fingerprint density at radius 2 is 2.10 bits per heavy atom. The average Bonchev–Trinajstić information content (AvgIpc) is 2.50. The van der Waals surface area contributed by atoms with Crippen molar-refractivity contribution in [3.8, 4) is 0 Å². The second kappa shape index (κ2) is 8.25. The number of oxime groups is 1. The van der Waals surface area contributed by atoms with Crippen LogP contribution in [-0.4, -0.2) is 46.9 Å². The predicted molar refractivity (Wildman–Crippen MR) is 81.2 cm³/mol. The Bertz CT molecular complexity index is 340. The molecule has 1 fully saturated rings. The molecule has 0 spiro atoms. The Hall–Kier alpha value is -1.10. The van der Waals surface area contributed by atoms with Crippen molar-refractivity contribution in [2.24, 2.45) is 11.1 Å². The summed E-state index contributed by atoms with van der Waals surface area (Å²) < 4.78 is 0. The zero-order valence-corrected chi connectivity index (χ0v) is 13.2. The number of carbonyl (C=O) groups excluding carboxylic acids is 1. The van der Waals surface area contributed by atoms with E-state index in [1.165, 1.54) is 0 Å². The van der Waals surface area contributed by atoms with Gasteiger partial charge in [-0.05, 0) is 26.2 Å². The number of likely N-dealkylation sites (tertiary alicyclic amines) is 1. The highest BCUT2D eigenvalue weighted by atomic mass is 16.4. The van der Waals surface area contributed by atoms with Gasteiger partial charge in [-0.1, -0.05) is 25.9 Å². The Morgan fingerprint density at radius 3 is 2.60 bits per heavy atom. The van der Waals surface area contributed by atoms with Crippen LogP contribution in [0, 0.1) is 5.92 Å². The summed E-state index contributed by atoms with van der Waals surface area (Å²) in [5.74, 6) is 0.370. The van der Waals surface area contributed by atoms with Crippen LogP contribution in [0.4, 0.5) is 0 Å². The summed E-state index contributed by atoms with van der Waals surface area (Å²) in [6.45, 7) is 9.83. The third kappa shape index (κ3) is 4.20. The molecular formula is C15H29N3O2. The molecule has 0 aromatic heterocycles. The first-order chi connectivity index (χ1) is 9.57. The van der Waals surface area contributed by atoms with Crippen LogP contribution in [0.2, 0.25) is 0 Å². The number of piperidine rings is 1. The first-order valence-electron chi connectivity index (χ1n) is 7.82. The average molecular weight is 283 g/mol. The third-order valence-electron chi connectivity index (χ3n) is 4.46. The monoisotopic (exact) mass is 283 g/mol. The van der Waals surface area contributed by atoms with Gasteiger partial charge in [0.1, 0.15) is 0 Å². The maximum absolute atomic E-state index is 12.3. The molecule has 0 bridgehead atoms. The van der Waals surface area contributed by atoms with Crippen LogP contribution < -0.4 is 5.32 Å². The van der Waals surface area contributed by atoms with Crippen molar-refractivity contribution < 1.29 is 10.0 Å². The normalized spacial score (nSPS) is 24.1. The minimum atomic E-state index is -0.120. The van der Waals surface area contributed by atoms with E-state index < -0.39 is 0 Å². The van der Waals surface area contributed by atoms with Crippen LogP contribution in [0.5, 0.6) is 0 Å². The van der Waals surface area contributed by atoms with Crippen molar-refractivity contribution in [3.05, 3.63) is 0 Å². The minimum Gasteiger partial charge on any atom is -0.411 e. The van der Waals surface area contributed by atoms with Gasteiger partial charge < -0.3 is 10.5 Å². The van der Waals surface area contributed by atoms with E-state index in [0.717, 1.165) is 44.5 Å². The largest absolute Gasteiger partial charge is 0.411 e. The maximum atomic E-state index is 12.3. The van der Waals surface area contributed by atoms with Gasteiger partial charge in [0, 0.05) is 31.5 Å². The highest BCUT2D eigenvalue weighted by Gasteiger charge is 2.30. The van der Waals surface area contributed by atoms with Crippen LogP contribution in [0.3, 0.4) is 0 Å². The number of nitrogens with zero attached hydrogens (tertiary/aromatic N) is 2. The van der Waals surface area contributed by atoms with Gasteiger partial charge in [-0.15, -0.1) is 0 Å². The van der Waals surface area contributed by atoms with Gasteiger partial charge in [0.05, 0.1) is 11.8 Å². The van der Waals surface area contributed by atoms with Crippen LogP contribution in [0.25, 0.3) is 0 Å². The van der Waals surface area contributed by atoms with Crippen LogP contribution >= 0.6 is 0 Å². The van der Waals surface area contributed by atoms with Crippen molar-refractivity contribution in [2.75, 3.05) is 13.1 Å². The lowest BCUT2D eigenvalue weighted by molar-refractivity contribution is -0.127. The van der Waals surface area contributed by atoms with Crippen LogP contribution in [0.15, 0.2) is 5.16 Å². The highest BCUT2D eigenvalue weighted by molar-refractivity contribution is 5.88. The SMILES string of the molecule is CCC(CC)NC(=O)C(C)N1CCC(=NO)C(CC)C1. The number of hydrogen-bond acceptors (Lipinski definition) is 4. The van der Waals surface area contributed by atoms with E-state index in [1.807, 2.05) is 6.92 Å². The van der Waals surface area contributed by atoms with E-state index in [9.17, 15) is 4.79 Å². The molecule has 0 aliphatic carbocycles. The predicted octanol–water partition coefficient (Wildman–Crippen LogP) is 2.24. The molecule has 0 saturated carbocycles. The number of hydrogen-bond donors (Lipinski definition) is 2. The molecule has 1 heterocycles. The van der Waals surface area contributed by atoms with Gasteiger partial charge in [-0.2, -0.15) is 0 Å². The molecule has 0 radical (unpaired) electrons. The van der Waals surface area contributed by atoms with Gasteiger partial charge in [0.25, 0.3) is 0 Å². The molecule has 5 nitrogen and oxygen atoms in total. The van der Waals surface area contributed by atoms with Gasteiger partial charge in [-0.3, -0.25) is 9.69 Å². The first kappa shape index (κ1) is 17.0. The summed E-state index contributed by atoms with van der Waals surface area (Å²) in [4.78, 5) is 14.5. The molecule has 20 heavy (non-hydrogen) atoms. The Morgan fingerprint density at radius 1 is 1.45 bits per heavy atom. The van der Waals surface area contributed by atoms with E-state index in [-0.39, 0.29) is 23.9 Å². The van der Waals surface area contributed by atoms with Crippen molar-refractivity contribution >= 4 is 11.6 Å². The van der Waals surface area contributed by atoms with E-state index in [0.29, 0.717) is 0 Å². The molecule has 2 unspecified atom stereocenters. The second-order valence-corrected chi connectivity index (χ2v) is 5.64. The standard InChI is InChI=1S/C15H29N3O2/c1-5-12-10-18(9-8-14(12)17-20)11(4)15(19)16-13(6-2)7-3/h11-13,20H,5-10H2,1-4H3,(H,16,19). The lowest BCUT2D eigenvalue weighted by Crippen LogP contribution is -2.52. The zero-order valence-electron chi connectivity index (χ0n) is 13.2. The Balaban J connectivity index is 2.59. The number of rotatable bonds is 6. The molecule has 5 heteroatoms. The topological polar surface area (TPSA) is 64.9 Å². The van der Waals surface area contributed by atoms with E-state index in [1.54, 1.807) is 0 Å². The minimum absolute atomic E-state index is 0.109. The second-order valence-electron chi connectivity index (χ2n) is 5.64. The molecule has 1 aliphatic rings. The smallest absolute Gasteiger partial charge is 0.237 e. The van der Waals surface area contributed by atoms with Gasteiger partial charge in [0.2, 0.25) is 5.91 Å². The fourth-order valence-electron chi connectivity index (χ4n) is 2.77. The first-order valence-corrected chi connectivity index (χ1v) is 7.82. The molecular weight excluding hydrogens is 254 g/mol. The summed E-state index contributed by atoms with van der Waals surface area (Å²) in [5.41, 5.74) is 0.872. The lowest BCUT2D eigenvalue weighted by Gasteiger charge is -2.36. The molecule has 0 aromatic rings. The number of nitrogens with one attached hydrogen (secondary N) is 1. The quantitative estimate of drug-likeness (QED) is 0.580. The molecule has 1 amide bonds. The summed E-state index contributed by atoms with van der Waals surface area (Å²) in [5, 5.41) is 15.5. The molecule has 1 rings (SSSR count). The third-order valence-corrected chi connectivity index (χ3v) is 4.46.